The van der Waals surface area contributed by atoms with Crippen LogP contribution in [0, 0.1) is 12.7 Å². The van der Waals surface area contributed by atoms with Crippen LogP contribution in [-0.2, 0) is 17.2 Å². The van der Waals surface area contributed by atoms with Crippen molar-refractivity contribution in [2.24, 2.45) is 7.05 Å². The molecule has 1 N–H and O–H groups in total. The number of methoxy groups -OCH3 is 1. The number of ether oxygens (including phenoxy) is 1. The summed E-state index contributed by atoms with van der Waals surface area (Å²) >= 11 is 0. The predicted octanol–water partition coefficient (Wildman–Crippen LogP) is 4.59. The van der Waals surface area contributed by atoms with Crippen molar-refractivity contribution in [3.63, 3.8) is 0 Å². The quantitative estimate of drug-likeness (QED) is 0.340. The van der Waals surface area contributed by atoms with Crippen molar-refractivity contribution in [3.05, 3.63) is 95.4 Å². The van der Waals surface area contributed by atoms with Gasteiger partial charge < -0.3 is 14.4 Å². The Hall–Kier alpha value is -3.75. The van der Waals surface area contributed by atoms with Crippen LogP contribution in [0.5, 0.6) is 11.5 Å². The number of rotatable bonds is 4. The van der Waals surface area contributed by atoms with Gasteiger partial charge in [0.15, 0.2) is 0 Å². The minimum atomic E-state index is -4.33. The highest BCUT2D eigenvalue weighted by molar-refractivity contribution is 7.85. The number of benzene rings is 3. The van der Waals surface area contributed by atoms with Gasteiger partial charge in [0, 0.05) is 23.6 Å². The van der Waals surface area contributed by atoms with Gasteiger partial charge in [-0.3, -0.25) is 0 Å². The normalized spacial score (nSPS) is 11.3. The van der Waals surface area contributed by atoms with Crippen molar-refractivity contribution in [1.29, 1.82) is 0 Å². The van der Waals surface area contributed by atoms with Crippen LogP contribution in [0.2, 0.25) is 0 Å². The topological polar surface area (TPSA) is 90.5 Å². The van der Waals surface area contributed by atoms with E-state index in [1.807, 2.05) is 55.0 Å². The monoisotopic (exact) mass is 481 g/mol. The van der Waals surface area contributed by atoms with Crippen LogP contribution < -0.4 is 9.30 Å². The number of hydrogen-bond acceptors (Lipinski definition) is 5. The molecule has 4 rings (SSSR count). The number of aromatic nitrogens is 1. The highest BCUT2D eigenvalue weighted by atomic mass is 32.2. The van der Waals surface area contributed by atoms with Crippen molar-refractivity contribution in [1.82, 2.24) is 0 Å². The Kier molecular flexibility index (Phi) is 7.65. The number of phenolic OH excluding ortho intramolecular Hbond substituents is 1. The first-order valence-electron chi connectivity index (χ1n) is 10.2. The number of phenols is 1. The Morgan fingerprint density at radius 1 is 0.971 bits per heavy atom. The van der Waals surface area contributed by atoms with Gasteiger partial charge in [-0.05, 0) is 78.7 Å². The Morgan fingerprint density at radius 3 is 2.29 bits per heavy atom. The number of hydrogen-bond donors (Lipinski definition) is 1. The fourth-order valence-corrected chi connectivity index (χ4v) is 3.73. The van der Waals surface area contributed by atoms with Gasteiger partial charge in [-0.15, -0.1) is 0 Å². The van der Waals surface area contributed by atoms with E-state index < -0.39 is 10.1 Å². The molecule has 3 aromatic carbocycles. The summed E-state index contributed by atoms with van der Waals surface area (Å²) in [4.78, 5) is -0.247. The van der Waals surface area contributed by atoms with E-state index in [0.717, 1.165) is 27.7 Å². The Bertz CT molecular complexity index is 1450. The first-order chi connectivity index (χ1) is 16.1. The van der Waals surface area contributed by atoms with Crippen molar-refractivity contribution in [2.45, 2.75) is 11.8 Å². The molecule has 0 aliphatic carbocycles. The lowest BCUT2D eigenvalue weighted by atomic mass is 10.1. The van der Waals surface area contributed by atoms with Crippen molar-refractivity contribution in [3.8, 4) is 11.5 Å². The summed E-state index contributed by atoms with van der Waals surface area (Å²) in [5.41, 5.74) is 3.87. The van der Waals surface area contributed by atoms with E-state index in [9.17, 15) is 22.5 Å². The maximum atomic E-state index is 13.3. The summed E-state index contributed by atoms with van der Waals surface area (Å²) in [5, 5.41) is 10.4. The first-order valence-corrected chi connectivity index (χ1v) is 11.7. The lowest BCUT2D eigenvalue weighted by Gasteiger charge is -2.06. The Morgan fingerprint density at radius 2 is 1.68 bits per heavy atom. The highest BCUT2D eigenvalue weighted by Gasteiger charge is 2.10. The summed E-state index contributed by atoms with van der Waals surface area (Å²) < 4.78 is 51.4. The highest BCUT2D eigenvalue weighted by Crippen LogP contribution is 2.19. The van der Waals surface area contributed by atoms with Gasteiger partial charge in [0.1, 0.15) is 34.5 Å². The molecule has 0 saturated heterocycles. The number of fused-ring (bicyclic) bond motifs is 1. The smallest absolute Gasteiger partial charge is 0.212 e. The van der Waals surface area contributed by atoms with Gasteiger partial charge in [0.25, 0.3) is 0 Å². The summed E-state index contributed by atoms with van der Waals surface area (Å²) in [5.74, 6) is 0.591. The molecule has 0 atom stereocenters. The molecule has 6 nitrogen and oxygen atoms in total. The molecule has 0 aliphatic heterocycles. The Balaban J connectivity index is 0.000000229. The number of halogens is 1. The molecule has 1 aromatic heterocycles. The summed E-state index contributed by atoms with van der Waals surface area (Å²) in [6, 6.07) is 19.4. The van der Waals surface area contributed by atoms with E-state index in [4.69, 9.17) is 4.74 Å². The lowest BCUT2D eigenvalue weighted by Crippen LogP contribution is -2.32. The third-order valence-electron chi connectivity index (χ3n) is 5.19. The molecule has 0 amide bonds. The molecular formula is C26H24FNO5S. The van der Waals surface area contributed by atoms with Crippen LogP contribution in [0.4, 0.5) is 4.39 Å². The van der Waals surface area contributed by atoms with Crippen LogP contribution in [0.15, 0.2) is 77.7 Å². The number of nitrogens with zero attached hydrogens (tertiary/aromatic N) is 1. The summed E-state index contributed by atoms with van der Waals surface area (Å²) in [6.45, 7) is 1.87. The van der Waals surface area contributed by atoms with E-state index in [1.54, 1.807) is 12.1 Å². The van der Waals surface area contributed by atoms with E-state index in [0.29, 0.717) is 11.5 Å². The van der Waals surface area contributed by atoms with Crippen molar-refractivity contribution in [2.75, 3.05) is 7.11 Å². The molecule has 34 heavy (non-hydrogen) atoms. The third kappa shape index (κ3) is 6.18. The van der Waals surface area contributed by atoms with Crippen LogP contribution in [0.25, 0.3) is 23.1 Å². The second-order valence-corrected chi connectivity index (χ2v) is 8.91. The van der Waals surface area contributed by atoms with E-state index in [2.05, 4.69) is 0 Å². The van der Waals surface area contributed by atoms with E-state index in [-0.39, 0.29) is 10.7 Å². The van der Waals surface area contributed by atoms with Gasteiger partial charge in [-0.2, -0.15) is 4.57 Å². The first kappa shape index (κ1) is 24.9. The summed E-state index contributed by atoms with van der Waals surface area (Å²) in [6.07, 6.45) is 4.01. The molecule has 176 valence electrons. The van der Waals surface area contributed by atoms with E-state index >= 15 is 0 Å². The zero-order valence-electron chi connectivity index (χ0n) is 18.9. The minimum absolute atomic E-state index is 0.227. The predicted molar refractivity (Wildman–Crippen MR) is 128 cm³/mol. The summed E-state index contributed by atoms with van der Waals surface area (Å²) in [7, 11) is -0.914. The maximum Gasteiger partial charge on any atom is 0.212 e. The zero-order valence-corrected chi connectivity index (χ0v) is 19.7. The number of pyridine rings is 1. The van der Waals surface area contributed by atoms with Gasteiger partial charge in [-0.25, -0.2) is 12.8 Å². The minimum Gasteiger partial charge on any atom is -0.744 e. The van der Waals surface area contributed by atoms with Crippen LogP contribution in [0.1, 0.15) is 16.8 Å². The SMILES string of the molecule is COc1ccc(S(=O)(=O)[O-])cc1.Cc1cc(C=Cc2ccc3cc(F)ccc3[n+]2C)ccc1O. The molecule has 8 heteroatoms. The van der Waals surface area contributed by atoms with Crippen LogP contribution in [0.3, 0.4) is 0 Å². The average Bonchev–Trinajstić information content (AvgIpc) is 2.80. The Labute approximate surface area is 197 Å². The second-order valence-electron chi connectivity index (χ2n) is 7.53. The molecule has 0 spiro atoms. The molecule has 0 saturated carbocycles. The van der Waals surface area contributed by atoms with Crippen LogP contribution in [-0.4, -0.2) is 25.2 Å². The van der Waals surface area contributed by atoms with Crippen molar-refractivity contribution < 1.29 is 31.8 Å². The van der Waals surface area contributed by atoms with Gasteiger partial charge in [0.05, 0.1) is 12.0 Å². The molecule has 0 fully saturated rings. The van der Waals surface area contributed by atoms with Gasteiger partial charge in [0.2, 0.25) is 11.2 Å². The molecule has 0 aliphatic rings. The zero-order chi connectivity index (χ0) is 24.9. The third-order valence-corrected chi connectivity index (χ3v) is 6.04. The van der Waals surface area contributed by atoms with Crippen molar-refractivity contribution >= 4 is 33.2 Å². The molecular weight excluding hydrogens is 457 g/mol. The standard InChI is InChI=1S/C19H16FNO.C7H8O4S/c1-13-11-14(4-10-19(13)22)3-7-17-8-5-15-12-16(20)6-9-18(15)21(17)2;1-11-6-2-4-7(5-3-6)12(8,9)10/h3-12H,1-2H3;2-5H,1H3,(H,8,9,10). The molecule has 4 aromatic rings. The lowest BCUT2D eigenvalue weighted by molar-refractivity contribution is -0.646. The van der Waals surface area contributed by atoms with Crippen LogP contribution >= 0.6 is 0 Å². The molecule has 0 bridgehead atoms. The fourth-order valence-electron chi connectivity index (χ4n) is 3.26. The average molecular weight is 482 g/mol. The molecule has 1 heterocycles. The van der Waals surface area contributed by atoms with Gasteiger partial charge in [-0.1, -0.05) is 6.07 Å². The molecule has 0 unspecified atom stereocenters. The number of aryl methyl sites for hydroxylation is 2. The fraction of sp³-hybridized carbons (Fsp3) is 0.115. The van der Waals surface area contributed by atoms with E-state index in [1.165, 1.54) is 43.5 Å². The second kappa shape index (κ2) is 10.5. The maximum absolute atomic E-state index is 13.3. The molecule has 0 radical (unpaired) electrons. The largest absolute Gasteiger partial charge is 0.744 e. The number of aromatic hydroxyl groups is 1. The van der Waals surface area contributed by atoms with Gasteiger partial charge >= 0.3 is 0 Å².